The van der Waals surface area contributed by atoms with Gasteiger partial charge in [0.05, 0.1) is 32.8 Å². The number of aromatic nitrogens is 1. The van der Waals surface area contributed by atoms with Crippen LogP contribution < -0.4 is 10.1 Å². The highest BCUT2D eigenvalue weighted by Crippen LogP contribution is 2.29. The number of hydrogen-bond acceptors (Lipinski definition) is 9. The maximum atomic E-state index is 13.5. The molecule has 258 valence electrons. The molecule has 2 aromatic rings. The van der Waals surface area contributed by atoms with Crippen LogP contribution in [0.15, 0.2) is 36.5 Å². The van der Waals surface area contributed by atoms with Crippen LogP contribution in [0.2, 0.25) is 0 Å². The molecule has 2 N–H and O–H groups in total. The molecule has 0 bridgehead atoms. The number of likely N-dealkylation sites (tertiary alicyclic amines) is 1. The number of rotatable bonds is 17. The van der Waals surface area contributed by atoms with Gasteiger partial charge in [-0.3, -0.25) is 19.3 Å². The Balaban J connectivity index is 1.73. The number of anilines is 1. The number of aryl methyl sites for hydroxylation is 1. The van der Waals surface area contributed by atoms with Crippen LogP contribution >= 0.6 is 0 Å². The molecule has 3 rings (SSSR count). The Morgan fingerprint density at radius 3 is 2.47 bits per heavy atom. The van der Waals surface area contributed by atoms with Crippen molar-refractivity contribution >= 4 is 29.6 Å². The van der Waals surface area contributed by atoms with Crippen LogP contribution in [0.4, 0.5) is 10.5 Å². The van der Waals surface area contributed by atoms with Crippen molar-refractivity contribution in [1.82, 2.24) is 14.8 Å². The minimum Gasteiger partial charge on any atom is -0.481 e. The number of carboxylic acids is 1. The van der Waals surface area contributed by atoms with Crippen molar-refractivity contribution in [2.45, 2.75) is 59.0 Å². The monoisotopic (exact) mass is 656 g/mol. The van der Waals surface area contributed by atoms with E-state index in [2.05, 4.69) is 23.3 Å². The molecule has 1 aromatic heterocycles. The fourth-order valence-corrected chi connectivity index (χ4v) is 4.83. The summed E-state index contributed by atoms with van der Waals surface area (Å²) < 4.78 is 22.2. The van der Waals surface area contributed by atoms with E-state index in [0.717, 1.165) is 23.1 Å². The molecule has 13 heteroatoms. The van der Waals surface area contributed by atoms with Gasteiger partial charge in [-0.15, -0.1) is 0 Å². The number of nitrogens with one attached hydrogen (secondary N) is 1. The van der Waals surface area contributed by atoms with E-state index in [1.807, 2.05) is 18.2 Å². The lowest BCUT2D eigenvalue weighted by Gasteiger charge is -2.33. The molecule has 0 saturated carbocycles. The highest BCUT2D eigenvalue weighted by atomic mass is 16.6. The Morgan fingerprint density at radius 1 is 1.06 bits per heavy atom. The average Bonchev–Trinajstić information content (AvgIpc) is 3.01. The molecule has 0 radical (unpaired) electrons. The zero-order chi connectivity index (χ0) is 34.4. The Labute approximate surface area is 276 Å². The fraction of sp³-hybridized carbons (Fsp3) is 0.559. The number of hydrogen-bond donors (Lipinski definition) is 2. The second-order valence-corrected chi connectivity index (χ2v) is 12.4. The minimum atomic E-state index is -0.926. The molecule has 1 aromatic carbocycles. The number of pyridine rings is 1. The first-order chi connectivity index (χ1) is 22.3. The first kappa shape index (κ1) is 37.2. The molecule has 1 aliphatic rings. The molecular formula is C34H48N4O9. The Bertz CT molecular complexity index is 1360. The van der Waals surface area contributed by atoms with Gasteiger partial charge >= 0.3 is 12.1 Å². The van der Waals surface area contributed by atoms with Crippen LogP contribution in [-0.2, 0) is 35.0 Å². The van der Waals surface area contributed by atoms with Gasteiger partial charge in [0, 0.05) is 38.3 Å². The van der Waals surface area contributed by atoms with Crippen molar-refractivity contribution in [2.24, 2.45) is 5.92 Å². The highest BCUT2D eigenvalue weighted by Gasteiger charge is 2.30. The smallest absolute Gasteiger partial charge is 0.410 e. The number of carbonyl (C=O) groups excluding carboxylic acids is 3. The zero-order valence-electron chi connectivity index (χ0n) is 28.1. The van der Waals surface area contributed by atoms with Crippen molar-refractivity contribution in [3.63, 3.8) is 0 Å². The number of ether oxygens (including phenoxy) is 4. The third-order valence-electron chi connectivity index (χ3n) is 7.32. The summed E-state index contributed by atoms with van der Waals surface area (Å²) in [5.41, 5.74) is 2.40. The number of piperidine rings is 1. The van der Waals surface area contributed by atoms with Crippen LogP contribution in [0.1, 0.15) is 52.5 Å². The van der Waals surface area contributed by atoms with Gasteiger partial charge in [-0.1, -0.05) is 31.2 Å². The normalized spacial score (nSPS) is 14.9. The third kappa shape index (κ3) is 13.2. The van der Waals surface area contributed by atoms with Crippen molar-refractivity contribution in [2.75, 3.05) is 65.0 Å². The Kier molecular flexibility index (Phi) is 14.4. The molecule has 1 unspecified atom stereocenters. The number of aliphatic carboxylic acids is 1. The van der Waals surface area contributed by atoms with Gasteiger partial charge in [-0.2, -0.15) is 0 Å². The molecule has 2 heterocycles. The van der Waals surface area contributed by atoms with Crippen LogP contribution in [0, 0.1) is 5.92 Å². The SMILES string of the molecule is CCc1cccc(-c2cnc(OCCOCCOCCC(=O)O)c(NC(=O)CN(CC3CCN(C)C(=O)C3)C(=O)OC(C)(C)C)c2)c1. The molecule has 0 aliphatic carbocycles. The number of benzene rings is 1. The van der Waals surface area contributed by atoms with Gasteiger partial charge in [0.2, 0.25) is 17.7 Å². The second-order valence-electron chi connectivity index (χ2n) is 12.4. The molecule has 1 fully saturated rings. The van der Waals surface area contributed by atoms with Gasteiger partial charge in [0.15, 0.2) is 0 Å². The maximum Gasteiger partial charge on any atom is 0.410 e. The van der Waals surface area contributed by atoms with Gasteiger partial charge in [-0.05, 0) is 56.7 Å². The van der Waals surface area contributed by atoms with Crippen molar-refractivity contribution < 1.29 is 43.2 Å². The van der Waals surface area contributed by atoms with Crippen LogP contribution in [0.3, 0.4) is 0 Å². The summed E-state index contributed by atoms with van der Waals surface area (Å²) >= 11 is 0. The van der Waals surface area contributed by atoms with E-state index in [0.29, 0.717) is 18.7 Å². The quantitative estimate of drug-likeness (QED) is 0.236. The first-order valence-corrected chi connectivity index (χ1v) is 16.0. The molecule has 1 aliphatic heterocycles. The summed E-state index contributed by atoms with van der Waals surface area (Å²) in [6.07, 6.45) is 2.81. The maximum absolute atomic E-state index is 13.5. The Hall–Kier alpha value is -4.23. The summed E-state index contributed by atoms with van der Waals surface area (Å²) in [6, 6.07) is 9.80. The van der Waals surface area contributed by atoms with Crippen molar-refractivity contribution in [3.8, 4) is 17.0 Å². The predicted octanol–water partition coefficient (Wildman–Crippen LogP) is 4.24. The van der Waals surface area contributed by atoms with E-state index in [1.54, 1.807) is 45.0 Å². The number of nitrogens with zero attached hydrogens (tertiary/aromatic N) is 3. The van der Waals surface area contributed by atoms with Crippen molar-refractivity contribution in [3.05, 3.63) is 42.1 Å². The Morgan fingerprint density at radius 2 is 1.79 bits per heavy atom. The molecule has 3 amide bonds. The summed E-state index contributed by atoms with van der Waals surface area (Å²) in [5, 5.41) is 11.5. The summed E-state index contributed by atoms with van der Waals surface area (Å²) in [5.74, 6) is -1.32. The topological polar surface area (TPSA) is 157 Å². The summed E-state index contributed by atoms with van der Waals surface area (Å²) in [6.45, 7) is 8.78. The molecular weight excluding hydrogens is 608 g/mol. The van der Waals surface area contributed by atoms with Crippen LogP contribution in [-0.4, -0.2) is 109 Å². The van der Waals surface area contributed by atoms with Gasteiger partial charge in [0.1, 0.15) is 24.4 Å². The van der Waals surface area contributed by atoms with E-state index in [9.17, 15) is 19.2 Å². The average molecular weight is 657 g/mol. The molecule has 0 spiro atoms. The standard InChI is InChI=1S/C34H48N4O9/c1-6-24-8-7-9-26(18-24)27-20-28(32(35-21-27)46-17-16-45-15-14-44-13-11-31(41)42)36-29(39)23-38(33(43)47-34(2,3)4)22-25-10-12-37(5)30(40)19-25/h7-9,18,20-21,25H,6,10-17,19,22-23H2,1-5H3,(H,36,39)(H,41,42). The summed E-state index contributed by atoms with van der Waals surface area (Å²) in [7, 11) is 1.75. The van der Waals surface area contributed by atoms with Gasteiger partial charge < -0.3 is 34.3 Å². The second kappa shape index (κ2) is 18.2. The number of carbonyl (C=O) groups is 4. The zero-order valence-corrected chi connectivity index (χ0v) is 28.1. The van der Waals surface area contributed by atoms with E-state index >= 15 is 0 Å². The van der Waals surface area contributed by atoms with Crippen LogP contribution in [0.5, 0.6) is 5.88 Å². The predicted molar refractivity (Wildman–Crippen MR) is 175 cm³/mol. The number of amides is 3. The summed E-state index contributed by atoms with van der Waals surface area (Å²) in [4.78, 5) is 57.1. The largest absolute Gasteiger partial charge is 0.481 e. The molecule has 1 saturated heterocycles. The lowest BCUT2D eigenvalue weighted by atomic mass is 9.96. The lowest BCUT2D eigenvalue weighted by Crippen LogP contribution is -2.46. The van der Waals surface area contributed by atoms with Crippen LogP contribution in [0.25, 0.3) is 11.1 Å². The number of carboxylic acid groups (broad SMARTS) is 1. The molecule has 1 atom stereocenters. The highest BCUT2D eigenvalue weighted by molar-refractivity contribution is 5.95. The fourth-order valence-electron chi connectivity index (χ4n) is 4.83. The lowest BCUT2D eigenvalue weighted by molar-refractivity contribution is -0.138. The van der Waals surface area contributed by atoms with Gasteiger partial charge in [0.25, 0.3) is 0 Å². The first-order valence-electron chi connectivity index (χ1n) is 16.0. The van der Waals surface area contributed by atoms with Gasteiger partial charge in [-0.25, -0.2) is 9.78 Å². The van der Waals surface area contributed by atoms with E-state index < -0.39 is 23.6 Å². The van der Waals surface area contributed by atoms with E-state index in [1.165, 1.54) is 4.90 Å². The van der Waals surface area contributed by atoms with E-state index in [-0.39, 0.29) is 76.7 Å². The van der Waals surface area contributed by atoms with E-state index in [4.69, 9.17) is 24.1 Å². The molecule has 47 heavy (non-hydrogen) atoms. The molecule has 13 nitrogen and oxygen atoms in total. The van der Waals surface area contributed by atoms with Crippen molar-refractivity contribution in [1.29, 1.82) is 0 Å². The third-order valence-corrected chi connectivity index (χ3v) is 7.32. The minimum absolute atomic E-state index is 0.00125.